The zero-order valence-electron chi connectivity index (χ0n) is 28.6. The molecule has 1 aliphatic rings. The van der Waals surface area contributed by atoms with Crippen molar-refractivity contribution in [2.24, 2.45) is 0 Å². The van der Waals surface area contributed by atoms with Gasteiger partial charge in [-0.25, -0.2) is 0 Å². The minimum atomic E-state index is -4.45. The first-order chi connectivity index (χ1) is 24.2. The predicted molar refractivity (Wildman–Crippen MR) is 191 cm³/mol. The molecule has 0 aliphatic carbocycles. The predicted octanol–water partition coefficient (Wildman–Crippen LogP) is 7.83. The maximum Gasteiger partial charge on any atom is 0.416 e. The first kappa shape index (κ1) is 36.5. The van der Waals surface area contributed by atoms with Crippen LogP contribution >= 0.6 is 0 Å². The van der Waals surface area contributed by atoms with E-state index in [0.29, 0.717) is 38.2 Å². The lowest BCUT2D eigenvalue weighted by atomic mass is 10.0. The van der Waals surface area contributed by atoms with Crippen molar-refractivity contribution in [3.63, 3.8) is 0 Å². The quantitative estimate of drug-likeness (QED) is 0.101. The van der Waals surface area contributed by atoms with Crippen molar-refractivity contribution in [3.05, 3.63) is 143 Å². The van der Waals surface area contributed by atoms with E-state index < -0.39 is 23.7 Å². The van der Waals surface area contributed by atoms with Crippen molar-refractivity contribution in [3.8, 4) is 0 Å². The fourth-order valence-electron chi connectivity index (χ4n) is 6.23. The molecule has 5 rings (SSSR count). The molecular formula is C41H45F3N4O2. The molecule has 50 heavy (non-hydrogen) atoms. The Morgan fingerprint density at radius 1 is 0.800 bits per heavy atom. The largest absolute Gasteiger partial charge is 0.416 e. The third-order valence-electron chi connectivity index (χ3n) is 9.16. The zero-order chi connectivity index (χ0) is 35.3. The highest BCUT2D eigenvalue weighted by atomic mass is 19.4. The van der Waals surface area contributed by atoms with E-state index in [1.165, 1.54) is 35.4 Å². The molecule has 2 amide bonds. The molecule has 0 bridgehead atoms. The summed E-state index contributed by atoms with van der Waals surface area (Å²) in [5.41, 5.74) is 3.90. The van der Waals surface area contributed by atoms with Crippen LogP contribution in [0.3, 0.4) is 0 Å². The number of benzene rings is 3. The zero-order valence-corrected chi connectivity index (χ0v) is 28.6. The number of pyridine rings is 1. The normalized spacial score (nSPS) is 14.5. The van der Waals surface area contributed by atoms with Gasteiger partial charge in [-0.3, -0.25) is 19.5 Å². The summed E-state index contributed by atoms with van der Waals surface area (Å²) in [7, 11) is 0. The summed E-state index contributed by atoms with van der Waals surface area (Å²) >= 11 is 0. The van der Waals surface area contributed by atoms with Crippen molar-refractivity contribution in [2.45, 2.75) is 64.3 Å². The molecule has 1 aromatic heterocycles. The Bertz CT molecular complexity index is 1670. The lowest BCUT2D eigenvalue weighted by Crippen LogP contribution is -2.56. The molecule has 4 aromatic rings. The van der Waals surface area contributed by atoms with E-state index >= 15 is 0 Å². The van der Waals surface area contributed by atoms with Crippen LogP contribution in [0.15, 0.2) is 109 Å². The number of amides is 2. The van der Waals surface area contributed by atoms with Gasteiger partial charge in [-0.15, -0.1) is 0 Å². The number of halogens is 3. The van der Waals surface area contributed by atoms with Gasteiger partial charge in [0.2, 0.25) is 11.8 Å². The Balaban J connectivity index is 1.40. The SMILES string of the molecule is CCCCCc1ccc(CN(C(=O)C=Cc2ccc(C(F)(F)F)cc2)[C@@H](Cc2ccncc2)C(=O)N2CCN(Cc3ccccc3)CC2)cc1. The van der Waals surface area contributed by atoms with E-state index in [-0.39, 0.29) is 12.5 Å². The fraction of sp³-hybridized carbons (Fsp3) is 0.341. The van der Waals surface area contributed by atoms with Crippen molar-refractivity contribution in [2.75, 3.05) is 26.2 Å². The Labute approximate surface area is 293 Å². The van der Waals surface area contributed by atoms with E-state index in [0.717, 1.165) is 55.5 Å². The maximum atomic E-state index is 14.5. The van der Waals surface area contributed by atoms with Gasteiger partial charge in [0, 0.05) is 64.2 Å². The average molecular weight is 683 g/mol. The van der Waals surface area contributed by atoms with E-state index in [4.69, 9.17) is 0 Å². The van der Waals surface area contributed by atoms with Crippen LogP contribution in [-0.2, 0) is 41.7 Å². The molecule has 262 valence electrons. The molecule has 0 spiro atoms. The molecule has 1 fully saturated rings. The van der Waals surface area contributed by atoms with Crippen molar-refractivity contribution in [1.29, 1.82) is 0 Å². The van der Waals surface area contributed by atoms with Crippen molar-refractivity contribution >= 4 is 17.9 Å². The van der Waals surface area contributed by atoms with Crippen LogP contribution < -0.4 is 0 Å². The van der Waals surface area contributed by atoms with Gasteiger partial charge in [-0.1, -0.05) is 86.5 Å². The van der Waals surface area contributed by atoms with Gasteiger partial charge in [-0.2, -0.15) is 13.2 Å². The molecule has 6 nitrogen and oxygen atoms in total. The number of rotatable bonds is 14. The molecule has 0 unspecified atom stereocenters. The van der Waals surface area contributed by atoms with Crippen LogP contribution in [0.4, 0.5) is 13.2 Å². The number of hydrogen-bond donors (Lipinski definition) is 0. The van der Waals surface area contributed by atoms with Crippen LogP contribution in [-0.4, -0.2) is 63.7 Å². The Hall–Kier alpha value is -4.76. The second-order valence-corrected chi connectivity index (χ2v) is 12.9. The van der Waals surface area contributed by atoms with Gasteiger partial charge in [0.1, 0.15) is 6.04 Å². The van der Waals surface area contributed by atoms with Gasteiger partial charge in [0.05, 0.1) is 5.56 Å². The van der Waals surface area contributed by atoms with Crippen LogP contribution in [0.2, 0.25) is 0 Å². The minimum absolute atomic E-state index is 0.131. The van der Waals surface area contributed by atoms with Gasteiger partial charge >= 0.3 is 6.18 Å². The number of nitrogens with zero attached hydrogens (tertiary/aromatic N) is 4. The van der Waals surface area contributed by atoms with Crippen LogP contribution in [0.1, 0.15) is 59.6 Å². The van der Waals surface area contributed by atoms with E-state index in [2.05, 4.69) is 41.1 Å². The van der Waals surface area contributed by atoms with Crippen LogP contribution in [0.5, 0.6) is 0 Å². The second kappa shape index (κ2) is 17.8. The third-order valence-corrected chi connectivity index (χ3v) is 9.16. The maximum absolute atomic E-state index is 14.5. The number of unbranched alkanes of at least 4 members (excludes halogenated alkanes) is 2. The molecule has 1 atom stereocenters. The highest BCUT2D eigenvalue weighted by molar-refractivity contribution is 5.95. The van der Waals surface area contributed by atoms with Gasteiger partial charge in [-0.05, 0) is 71.0 Å². The number of carbonyl (C=O) groups excluding carboxylic acids is 2. The summed E-state index contributed by atoms with van der Waals surface area (Å²) in [5.74, 6) is -0.527. The first-order valence-corrected chi connectivity index (χ1v) is 17.4. The Morgan fingerprint density at radius 2 is 1.46 bits per heavy atom. The summed E-state index contributed by atoms with van der Waals surface area (Å²) in [6.07, 6.45) is 6.44. The average Bonchev–Trinajstić information content (AvgIpc) is 3.13. The van der Waals surface area contributed by atoms with Crippen LogP contribution in [0, 0.1) is 0 Å². The Morgan fingerprint density at radius 3 is 2.10 bits per heavy atom. The highest BCUT2D eigenvalue weighted by Crippen LogP contribution is 2.29. The molecule has 3 aromatic carbocycles. The molecule has 0 saturated carbocycles. The summed E-state index contributed by atoms with van der Waals surface area (Å²) in [6, 6.07) is 26.0. The molecule has 0 N–H and O–H groups in total. The van der Waals surface area contributed by atoms with E-state index in [1.807, 2.05) is 47.4 Å². The summed E-state index contributed by atoms with van der Waals surface area (Å²) < 4.78 is 39.4. The molecule has 1 saturated heterocycles. The fourth-order valence-corrected chi connectivity index (χ4v) is 6.23. The lowest BCUT2D eigenvalue weighted by Gasteiger charge is -2.39. The van der Waals surface area contributed by atoms with E-state index in [1.54, 1.807) is 17.3 Å². The standard InChI is InChI=1S/C41H45F3N4O2/c1-2-3-5-8-32-11-13-36(14-12-32)31-48(39(49)20-17-33-15-18-37(19-16-33)41(42,43)44)38(29-34-21-23-45-24-22-34)40(50)47-27-25-46(26-28-47)30-35-9-6-4-7-10-35/h4,6-7,9-24,38H,2-3,5,8,25-31H2,1H3/t38-/m0/s1. The third kappa shape index (κ3) is 10.6. The summed E-state index contributed by atoms with van der Waals surface area (Å²) in [5, 5.41) is 0. The smallest absolute Gasteiger partial charge is 0.338 e. The molecule has 2 heterocycles. The number of piperazine rings is 1. The Kier molecular flexibility index (Phi) is 13.0. The monoisotopic (exact) mass is 682 g/mol. The molecular weight excluding hydrogens is 637 g/mol. The molecule has 9 heteroatoms. The first-order valence-electron chi connectivity index (χ1n) is 17.4. The van der Waals surface area contributed by atoms with Gasteiger partial charge in [0.25, 0.3) is 0 Å². The highest BCUT2D eigenvalue weighted by Gasteiger charge is 2.34. The van der Waals surface area contributed by atoms with Crippen molar-refractivity contribution in [1.82, 2.24) is 19.7 Å². The number of alkyl halides is 3. The van der Waals surface area contributed by atoms with Gasteiger partial charge < -0.3 is 9.80 Å². The molecule has 1 aliphatic heterocycles. The minimum Gasteiger partial charge on any atom is -0.338 e. The van der Waals surface area contributed by atoms with Crippen LogP contribution in [0.25, 0.3) is 6.08 Å². The van der Waals surface area contributed by atoms with E-state index in [9.17, 15) is 22.8 Å². The summed E-state index contributed by atoms with van der Waals surface area (Å²) in [6.45, 7) is 5.67. The second-order valence-electron chi connectivity index (χ2n) is 12.9. The summed E-state index contributed by atoms with van der Waals surface area (Å²) in [4.78, 5) is 38.5. The number of hydrogen-bond acceptors (Lipinski definition) is 4. The topological polar surface area (TPSA) is 56.8 Å². The number of aryl methyl sites for hydroxylation is 1. The van der Waals surface area contributed by atoms with Crippen molar-refractivity contribution < 1.29 is 22.8 Å². The number of carbonyl (C=O) groups is 2. The number of aromatic nitrogens is 1. The lowest BCUT2D eigenvalue weighted by molar-refractivity contribution is -0.145. The molecule has 0 radical (unpaired) electrons. The van der Waals surface area contributed by atoms with Gasteiger partial charge in [0.15, 0.2) is 0 Å².